The van der Waals surface area contributed by atoms with Crippen LogP contribution in [0.1, 0.15) is 17.4 Å². The number of carboxylic acid groups (broad SMARTS) is 1. The minimum absolute atomic E-state index is 0.0736. The van der Waals surface area contributed by atoms with Gasteiger partial charge in [-0.1, -0.05) is 42.5 Å². The van der Waals surface area contributed by atoms with Gasteiger partial charge in [-0.05, 0) is 17.7 Å². The Morgan fingerprint density at radius 2 is 1.64 bits per heavy atom. The van der Waals surface area contributed by atoms with E-state index >= 15 is 0 Å². The van der Waals surface area contributed by atoms with Crippen molar-refractivity contribution in [1.29, 1.82) is 0 Å². The molecule has 3 rings (SSSR count). The SMILES string of the molecule is O=C(O)[C@H](Nc1nc(C(F)(F)F)nc2ccccc12)c1ccccc1. The summed E-state index contributed by atoms with van der Waals surface area (Å²) in [6.07, 6.45) is -4.74. The average Bonchev–Trinajstić information content (AvgIpc) is 2.59. The van der Waals surface area contributed by atoms with E-state index in [1.165, 1.54) is 12.1 Å². The molecule has 1 atom stereocenters. The minimum Gasteiger partial charge on any atom is -0.479 e. The van der Waals surface area contributed by atoms with E-state index in [0.29, 0.717) is 10.9 Å². The predicted molar refractivity (Wildman–Crippen MR) is 85.0 cm³/mol. The van der Waals surface area contributed by atoms with Crippen LogP contribution in [0.4, 0.5) is 19.0 Å². The van der Waals surface area contributed by atoms with Crippen molar-refractivity contribution in [3.05, 3.63) is 66.0 Å². The number of carbonyl (C=O) groups is 1. The molecule has 0 spiro atoms. The van der Waals surface area contributed by atoms with E-state index in [1.54, 1.807) is 42.5 Å². The fraction of sp³-hybridized carbons (Fsp3) is 0.118. The molecule has 1 aromatic heterocycles. The van der Waals surface area contributed by atoms with Gasteiger partial charge in [0.05, 0.1) is 5.52 Å². The standard InChI is InChI=1S/C17H12F3N3O2/c18-17(19,20)16-21-12-9-5-4-8-11(12)14(23-16)22-13(15(24)25)10-6-2-1-3-7-10/h1-9,13H,(H,24,25)(H,21,22,23)/t13-/m1/s1. The summed E-state index contributed by atoms with van der Waals surface area (Å²) in [5.74, 6) is -2.75. The first-order chi connectivity index (χ1) is 11.9. The van der Waals surface area contributed by atoms with Crippen molar-refractivity contribution in [3.8, 4) is 0 Å². The van der Waals surface area contributed by atoms with Crippen molar-refractivity contribution < 1.29 is 23.1 Å². The van der Waals surface area contributed by atoms with Gasteiger partial charge < -0.3 is 10.4 Å². The van der Waals surface area contributed by atoms with Gasteiger partial charge in [-0.2, -0.15) is 13.2 Å². The summed E-state index contributed by atoms with van der Waals surface area (Å²) < 4.78 is 39.1. The van der Waals surface area contributed by atoms with E-state index in [1.807, 2.05) is 0 Å². The Bertz CT molecular complexity index is 914. The topological polar surface area (TPSA) is 75.1 Å². The third kappa shape index (κ3) is 3.52. The first kappa shape index (κ1) is 16.7. The molecule has 2 N–H and O–H groups in total. The molecular formula is C17H12F3N3O2. The summed E-state index contributed by atoms with van der Waals surface area (Å²) >= 11 is 0. The molecule has 25 heavy (non-hydrogen) atoms. The largest absolute Gasteiger partial charge is 0.479 e. The fourth-order valence-corrected chi connectivity index (χ4v) is 2.38. The van der Waals surface area contributed by atoms with Gasteiger partial charge in [-0.25, -0.2) is 14.8 Å². The lowest BCUT2D eigenvalue weighted by molar-refractivity contribution is -0.144. The highest BCUT2D eigenvalue weighted by molar-refractivity contribution is 5.91. The van der Waals surface area contributed by atoms with Crippen molar-refractivity contribution in [1.82, 2.24) is 9.97 Å². The van der Waals surface area contributed by atoms with Crippen molar-refractivity contribution >= 4 is 22.7 Å². The second kappa shape index (κ2) is 6.39. The van der Waals surface area contributed by atoms with Crippen LogP contribution in [0.15, 0.2) is 54.6 Å². The van der Waals surface area contributed by atoms with Crippen LogP contribution in [0.2, 0.25) is 0 Å². The Morgan fingerprint density at radius 1 is 1.00 bits per heavy atom. The molecule has 5 nitrogen and oxygen atoms in total. The van der Waals surface area contributed by atoms with Gasteiger partial charge in [0.2, 0.25) is 5.82 Å². The minimum atomic E-state index is -4.74. The first-order valence-electron chi connectivity index (χ1n) is 7.24. The molecular weight excluding hydrogens is 335 g/mol. The summed E-state index contributed by atoms with van der Waals surface area (Å²) in [7, 11) is 0. The van der Waals surface area contributed by atoms with E-state index in [0.717, 1.165) is 0 Å². The maximum Gasteiger partial charge on any atom is 0.451 e. The monoisotopic (exact) mass is 347 g/mol. The second-order valence-corrected chi connectivity index (χ2v) is 5.24. The smallest absolute Gasteiger partial charge is 0.451 e. The van der Waals surface area contributed by atoms with Crippen LogP contribution in [-0.4, -0.2) is 21.0 Å². The van der Waals surface area contributed by atoms with Gasteiger partial charge >= 0.3 is 12.1 Å². The number of anilines is 1. The van der Waals surface area contributed by atoms with Crippen molar-refractivity contribution in [2.75, 3.05) is 5.32 Å². The van der Waals surface area contributed by atoms with Crippen molar-refractivity contribution in [3.63, 3.8) is 0 Å². The Kier molecular flexibility index (Phi) is 4.26. The molecule has 128 valence electrons. The van der Waals surface area contributed by atoms with Gasteiger partial charge in [-0.3, -0.25) is 0 Å². The molecule has 0 fully saturated rings. The van der Waals surface area contributed by atoms with E-state index in [-0.39, 0.29) is 11.3 Å². The number of carboxylic acids is 1. The number of aliphatic carboxylic acids is 1. The van der Waals surface area contributed by atoms with Gasteiger partial charge in [-0.15, -0.1) is 0 Å². The maximum atomic E-state index is 13.0. The Hall–Kier alpha value is -3.16. The highest BCUT2D eigenvalue weighted by atomic mass is 19.4. The number of alkyl halides is 3. The summed E-state index contributed by atoms with van der Waals surface area (Å²) in [6.45, 7) is 0. The molecule has 0 aliphatic carbocycles. The maximum absolute atomic E-state index is 13.0. The van der Waals surface area contributed by atoms with Crippen LogP contribution in [-0.2, 0) is 11.0 Å². The third-order valence-electron chi connectivity index (χ3n) is 3.52. The number of benzene rings is 2. The lowest BCUT2D eigenvalue weighted by atomic mass is 10.1. The van der Waals surface area contributed by atoms with Crippen LogP contribution in [0.5, 0.6) is 0 Å². The first-order valence-corrected chi connectivity index (χ1v) is 7.24. The summed E-state index contributed by atoms with van der Waals surface area (Å²) in [5.41, 5.74) is 0.468. The normalized spacial score (nSPS) is 12.8. The lowest BCUT2D eigenvalue weighted by Gasteiger charge is -2.18. The molecule has 0 bridgehead atoms. The number of hydrogen-bond donors (Lipinski definition) is 2. The Morgan fingerprint density at radius 3 is 2.28 bits per heavy atom. The van der Waals surface area contributed by atoms with Crippen LogP contribution < -0.4 is 5.32 Å². The summed E-state index contributed by atoms with van der Waals surface area (Å²) in [4.78, 5) is 18.6. The van der Waals surface area contributed by atoms with Crippen LogP contribution in [0.3, 0.4) is 0 Å². The molecule has 0 aliphatic rings. The average molecular weight is 347 g/mol. The number of hydrogen-bond acceptors (Lipinski definition) is 4. The van der Waals surface area contributed by atoms with Crippen molar-refractivity contribution in [2.24, 2.45) is 0 Å². The van der Waals surface area contributed by atoms with E-state index in [9.17, 15) is 23.1 Å². The summed E-state index contributed by atoms with van der Waals surface area (Å²) in [6, 6.07) is 13.0. The van der Waals surface area contributed by atoms with E-state index in [2.05, 4.69) is 15.3 Å². The lowest BCUT2D eigenvalue weighted by Crippen LogP contribution is -2.22. The third-order valence-corrected chi connectivity index (χ3v) is 3.52. The number of halogens is 3. The van der Waals surface area contributed by atoms with E-state index < -0.39 is 24.0 Å². The molecule has 8 heteroatoms. The van der Waals surface area contributed by atoms with Gasteiger partial charge in [0.15, 0.2) is 6.04 Å². The number of aromatic nitrogens is 2. The van der Waals surface area contributed by atoms with Crippen LogP contribution in [0.25, 0.3) is 10.9 Å². The zero-order valence-electron chi connectivity index (χ0n) is 12.7. The Labute approximate surface area is 140 Å². The molecule has 1 heterocycles. The van der Waals surface area contributed by atoms with Gasteiger partial charge in [0.25, 0.3) is 0 Å². The van der Waals surface area contributed by atoms with Crippen LogP contribution >= 0.6 is 0 Å². The molecule has 0 amide bonds. The number of nitrogens with one attached hydrogen (secondary N) is 1. The fourth-order valence-electron chi connectivity index (χ4n) is 2.38. The van der Waals surface area contributed by atoms with E-state index in [4.69, 9.17) is 0 Å². The number of rotatable bonds is 4. The number of para-hydroxylation sites is 1. The highest BCUT2D eigenvalue weighted by Crippen LogP contribution is 2.31. The highest BCUT2D eigenvalue weighted by Gasteiger charge is 2.36. The zero-order valence-corrected chi connectivity index (χ0v) is 12.7. The molecule has 0 radical (unpaired) electrons. The van der Waals surface area contributed by atoms with Crippen LogP contribution in [0, 0.1) is 0 Å². The summed E-state index contributed by atoms with van der Waals surface area (Å²) in [5, 5.41) is 12.4. The molecule has 2 aromatic carbocycles. The second-order valence-electron chi connectivity index (χ2n) is 5.24. The Balaban J connectivity index is 2.12. The quantitative estimate of drug-likeness (QED) is 0.749. The predicted octanol–water partition coefficient (Wildman–Crippen LogP) is 3.89. The van der Waals surface area contributed by atoms with Crippen molar-refractivity contribution in [2.45, 2.75) is 12.2 Å². The molecule has 0 saturated heterocycles. The number of nitrogens with zero attached hydrogens (tertiary/aromatic N) is 2. The van der Waals surface area contributed by atoms with Gasteiger partial charge in [0.1, 0.15) is 5.82 Å². The molecule has 0 unspecified atom stereocenters. The van der Waals surface area contributed by atoms with Gasteiger partial charge in [0, 0.05) is 5.39 Å². The zero-order chi connectivity index (χ0) is 18.0. The molecule has 0 aliphatic heterocycles. The number of fused-ring (bicyclic) bond motifs is 1. The molecule has 3 aromatic rings. The molecule has 0 saturated carbocycles.